The van der Waals surface area contributed by atoms with Gasteiger partial charge in [-0.1, -0.05) is 23.7 Å². The molecule has 0 spiro atoms. The highest BCUT2D eigenvalue weighted by Gasteiger charge is 2.19. The van der Waals surface area contributed by atoms with Crippen LogP contribution in [0.15, 0.2) is 42.5 Å². The first-order valence-corrected chi connectivity index (χ1v) is 10.7. The van der Waals surface area contributed by atoms with E-state index < -0.39 is 0 Å². The summed E-state index contributed by atoms with van der Waals surface area (Å²) in [5.41, 5.74) is 3.75. The van der Waals surface area contributed by atoms with E-state index in [1.807, 2.05) is 29.2 Å². The number of hydrogen-bond acceptors (Lipinski definition) is 3. The van der Waals surface area contributed by atoms with Gasteiger partial charge in [-0.15, -0.1) is 0 Å². The number of carbonyl (C=O) groups excluding carboxylic acids is 1. The largest absolute Gasteiger partial charge is 0.489 e. The molecule has 1 amide bonds. The molecule has 0 unspecified atom stereocenters. The van der Waals surface area contributed by atoms with E-state index in [1.165, 1.54) is 18.6 Å². The Balaban J connectivity index is 0.000000858. The monoisotopic (exact) mass is 445 g/mol. The van der Waals surface area contributed by atoms with Crippen molar-refractivity contribution in [3.63, 3.8) is 0 Å². The van der Waals surface area contributed by atoms with Crippen LogP contribution >= 0.6 is 11.6 Å². The molecular formula is C24H25ClFNO4. The number of aryl methyl sites for hydroxylation is 1. The Kier molecular flexibility index (Phi) is 8.06. The van der Waals surface area contributed by atoms with Crippen molar-refractivity contribution in [3.8, 4) is 5.75 Å². The van der Waals surface area contributed by atoms with Crippen LogP contribution in [0.4, 0.5) is 4.39 Å². The summed E-state index contributed by atoms with van der Waals surface area (Å²) < 4.78 is 19.2. The molecule has 2 aromatic carbocycles. The summed E-state index contributed by atoms with van der Waals surface area (Å²) in [6.45, 7) is 1.96. The van der Waals surface area contributed by atoms with E-state index in [9.17, 15) is 9.18 Å². The van der Waals surface area contributed by atoms with Gasteiger partial charge in [0.15, 0.2) is 0 Å². The predicted octanol–water partition coefficient (Wildman–Crippen LogP) is 4.95. The molecular weight excluding hydrogens is 421 g/mol. The van der Waals surface area contributed by atoms with E-state index in [0.29, 0.717) is 24.5 Å². The number of benzene rings is 2. The molecule has 4 rings (SSSR count). The molecule has 1 fully saturated rings. The van der Waals surface area contributed by atoms with Gasteiger partial charge in [0, 0.05) is 30.6 Å². The maximum atomic E-state index is 13.4. The SMILES string of the molecule is O=C(CCc1ccc2c(c1)OCC=C2c1ccc(F)cc1Cl)N1CCCCC1.O=CO. The van der Waals surface area contributed by atoms with Gasteiger partial charge in [0.25, 0.3) is 6.47 Å². The second-order valence-electron chi connectivity index (χ2n) is 7.43. The number of piperidine rings is 1. The average Bonchev–Trinajstić information content (AvgIpc) is 2.78. The lowest BCUT2D eigenvalue weighted by atomic mass is 9.93. The molecule has 2 aliphatic rings. The second kappa shape index (κ2) is 11.0. The fourth-order valence-electron chi connectivity index (χ4n) is 3.90. The molecule has 2 aliphatic heterocycles. The van der Waals surface area contributed by atoms with E-state index in [-0.39, 0.29) is 18.2 Å². The van der Waals surface area contributed by atoms with Crippen LogP contribution in [0.1, 0.15) is 42.4 Å². The molecule has 0 aromatic heterocycles. The molecule has 0 aliphatic carbocycles. The van der Waals surface area contributed by atoms with Crippen molar-refractivity contribution < 1.29 is 23.8 Å². The number of carboxylic acid groups (broad SMARTS) is 1. The van der Waals surface area contributed by atoms with Crippen molar-refractivity contribution >= 4 is 29.6 Å². The van der Waals surface area contributed by atoms with Crippen molar-refractivity contribution in [1.29, 1.82) is 0 Å². The van der Waals surface area contributed by atoms with Crippen molar-refractivity contribution in [3.05, 3.63) is 70.0 Å². The molecule has 0 atom stereocenters. The Morgan fingerprint density at radius 3 is 2.55 bits per heavy atom. The lowest BCUT2D eigenvalue weighted by Gasteiger charge is -2.26. The van der Waals surface area contributed by atoms with Gasteiger partial charge in [-0.25, -0.2) is 4.39 Å². The van der Waals surface area contributed by atoms with Crippen molar-refractivity contribution in [2.24, 2.45) is 0 Å². The van der Waals surface area contributed by atoms with Gasteiger partial charge >= 0.3 is 0 Å². The number of likely N-dealkylation sites (tertiary alicyclic amines) is 1. The summed E-state index contributed by atoms with van der Waals surface area (Å²) in [7, 11) is 0. The zero-order valence-corrected chi connectivity index (χ0v) is 17.9. The number of rotatable bonds is 4. The maximum absolute atomic E-state index is 13.4. The minimum atomic E-state index is -0.352. The van der Waals surface area contributed by atoms with Crippen LogP contribution in [0.3, 0.4) is 0 Å². The normalized spacial score (nSPS) is 15.0. The Labute approximate surface area is 186 Å². The topological polar surface area (TPSA) is 66.8 Å². The fourth-order valence-corrected chi connectivity index (χ4v) is 4.17. The zero-order valence-electron chi connectivity index (χ0n) is 17.2. The number of carbonyl (C=O) groups is 2. The smallest absolute Gasteiger partial charge is 0.290 e. The van der Waals surface area contributed by atoms with Crippen molar-refractivity contribution in [2.45, 2.75) is 32.1 Å². The highest BCUT2D eigenvalue weighted by molar-refractivity contribution is 6.32. The minimum absolute atomic E-state index is 0.233. The fraction of sp³-hybridized carbons (Fsp3) is 0.333. The van der Waals surface area contributed by atoms with Gasteiger partial charge in [-0.05, 0) is 67.2 Å². The van der Waals surface area contributed by atoms with Crippen LogP contribution in [0.25, 0.3) is 5.57 Å². The lowest BCUT2D eigenvalue weighted by Crippen LogP contribution is -2.35. The second-order valence-corrected chi connectivity index (χ2v) is 7.84. The van der Waals surface area contributed by atoms with Gasteiger partial charge in [0.05, 0.1) is 5.02 Å². The predicted molar refractivity (Wildman–Crippen MR) is 118 cm³/mol. The van der Waals surface area contributed by atoms with Crippen molar-refractivity contribution in [1.82, 2.24) is 4.90 Å². The zero-order chi connectivity index (χ0) is 22.2. The average molecular weight is 446 g/mol. The molecule has 164 valence electrons. The highest BCUT2D eigenvalue weighted by atomic mass is 35.5. The van der Waals surface area contributed by atoms with E-state index in [1.54, 1.807) is 6.07 Å². The molecule has 2 aromatic rings. The van der Waals surface area contributed by atoms with Gasteiger partial charge in [-0.2, -0.15) is 0 Å². The van der Waals surface area contributed by atoms with Crippen molar-refractivity contribution in [2.75, 3.05) is 19.7 Å². The molecule has 0 saturated carbocycles. The summed E-state index contributed by atoms with van der Waals surface area (Å²) in [6.07, 6.45) is 6.62. The van der Waals surface area contributed by atoms with Gasteiger partial charge < -0.3 is 14.7 Å². The van der Waals surface area contributed by atoms with E-state index in [2.05, 4.69) is 0 Å². The number of halogens is 2. The first-order valence-electron chi connectivity index (χ1n) is 10.3. The summed E-state index contributed by atoms with van der Waals surface area (Å²) >= 11 is 6.26. The third kappa shape index (κ3) is 5.85. The quantitative estimate of drug-likeness (QED) is 0.676. The third-order valence-corrected chi connectivity index (χ3v) is 5.73. The molecule has 0 bridgehead atoms. The third-order valence-electron chi connectivity index (χ3n) is 5.42. The van der Waals surface area contributed by atoms with E-state index in [0.717, 1.165) is 53.9 Å². The first-order chi connectivity index (χ1) is 15.0. The molecule has 2 heterocycles. The Hall–Kier alpha value is -2.86. The summed E-state index contributed by atoms with van der Waals surface area (Å²) in [5.74, 6) is 0.660. The number of amides is 1. The van der Waals surface area contributed by atoms with Crippen LogP contribution in [-0.4, -0.2) is 42.1 Å². The Morgan fingerprint density at radius 1 is 1.13 bits per heavy atom. The minimum Gasteiger partial charge on any atom is -0.489 e. The number of ether oxygens (including phenoxy) is 1. The van der Waals surface area contributed by atoms with Crippen LogP contribution in [0, 0.1) is 5.82 Å². The first kappa shape index (κ1) is 22.8. The van der Waals surface area contributed by atoms with Gasteiger partial charge in [-0.3, -0.25) is 9.59 Å². The maximum Gasteiger partial charge on any atom is 0.290 e. The summed E-state index contributed by atoms with van der Waals surface area (Å²) in [4.78, 5) is 22.7. The molecule has 31 heavy (non-hydrogen) atoms. The number of hydrogen-bond donors (Lipinski definition) is 1. The van der Waals surface area contributed by atoms with E-state index >= 15 is 0 Å². The van der Waals surface area contributed by atoms with Crippen LogP contribution in [0.5, 0.6) is 5.75 Å². The molecule has 0 radical (unpaired) electrons. The summed E-state index contributed by atoms with van der Waals surface area (Å²) in [6, 6.07) is 10.5. The van der Waals surface area contributed by atoms with Crippen LogP contribution in [-0.2, 0) is 16.0 Å². The molecule has 5 nitrogen and oxygen atoms in total. The Morgan fingerprint density at radius 2 is 1.84 bits per heavy atom. The highest BCUT2D eigenvalue weighted by Crippen LogP contribution is 2.38. The molecule has 1 saturated heterocycles. The Bertz CT molecular complexity index is 970. The van der Waals surface area contributed by atoms with Crippen LogP contribution < -0.4 is 4.74 Å². The van der Waals surface area contributed by atoms with E-state index in [4.69, 9.17) is 26.2 Å². The van der Waals surface area contributed by atoms with Gasteiger partial charge in [0.2, 0.25) is 5.91 Å². The van der Waals surface area contributed by atoms with Gasteiger partial charge in [0.1, 0.15) is 18.2 Å². The standard InChI is InChI=1S/C23H23ClFNO2.CH2O2/c24-21-15-17(25)6-8-19(21)18-10-13-28-22-14-16(4-7-20(18)22)5-9-23(27)26-11-2-1-3-12-26;2-1-3/h4,6-8,10,14-15H,1-3,5,9,11-13H2;1H,(H,2,3). The van der Waals surface area contributed by atoms with Crippen LogP contribution in [0.2, 0.25) is 5.02 Å². The molecule has 7 heteroatoms. The lowest BCUT2D eigenvalue weighted by molar-refractivity contribution is -0.132. The molecule has 1 N–H and O–H groups in total. The summed E-state index contributed by atoms with van der Waals surface area (Å²) in [5, 5.41) is 7.27. The number of fused-ring (bicyclic) bond motifs is 1. The number of nitrogens with zero attached hydrogens (tertiary/aromatic N) is 1.